The largest absolute Gasteiger partial charge is 0.493 e. The van der Waals surface area contributed by atoms with E-state index < -0.39 is 0 Å². The van der Waals surface area contributed by atoms with Gasteiger partial charge in [-0.25, -0.2) is 0 Å². The Morgan fingerprint density at radius 2 is 2.32 bits per heavy atom. The number of hydrogen-bond acceptors (Lipinski definition) is 5. The first kappa shape index (κ1) is 12.4. The molecule has 0 saturated carbocycles. The zero-order valence-corrected chi connectivity index (χ0v) is 11.3. The molecule has 5 nitrogen and oxygen atoms in total. The average Bonchev–Trinajstić information content (AvgIpc) is 3.06. The number of fused-ring (bicyclic) bond motifs is 1. The third-order valence-electron chi connectivity index (χ3n) is 3.13. The summed E-state index contributed by atoms with van der Waals surface area (Å²) < 4.78 is 16.1. The van der Waals surface area contributed by atoms with Gasteiger partial charge in [-0.05, 0) is 17.7 Å². The fourth-order valence-electron chi connectivity index (χ4n) is 2.24. The summed E-state index contributed by atoms with van der Waals surface area (Å²) in [5, 5.41) is 3.94. The lowest BCUT2D eigenvalue weighted by Gasteiger charge is -2.11. The quantitative estimate of drug-likeness (QED) is 0.796. The van der Waals surface area contributed by atoms with Crippen LogP contribution >= 0.6 is 11.6 Å². The Hall–Kier alpha value is -1.62. The Morgan fingerprint density at radius 1 is 1.42 bits per heavy atom. The highest BCUT2D eigenvalue weighted by Crippen LogP contribution is 2.42. The maximum atomic E-state index is 5.73. The van der Waals surface area contributed by atoms with E-state index in [1.807, 2.05) is 12.1 Å². The van der Waals surface area contributed by atoms with Crippen LogP contribution in [0.25, 0.3) is 0 Å². The summed E-state index contributed by atoms with van der Waals surface area (Å²) in [5.41, 5.74) is 1.96. The highest BCUT2D eigenvalue weighted by Gasteiger charge is 2.24. The highest BCUT2D eigenvalue weighted by molar-refractivity contribution is 6.28. The Kier molecular flexibility index (Phi) is 3.38. The first-order valence-corrected chi connectivity index (χ1v) is 6.57. The zero-order chi connectivity index (χ0) is 13.2. The first-order chi connectivity index (χ1) is 9.30. The minimum absolute atomic E-state index is 0.0267. The number of oxime groups is 1. The first-order valence-electron chi connectivity index (χ1n) is 6.04. The summed E-state index contributed by atoms with van der Waals surface area (Å²) in [6.45, 7) is 0.231. The predicted molar refractivity (Wildman–Crippen MR) is 70.5 cm³/mol. The number of rotatable bonds is 4. The molecule has 19 heavy (non-hydrogen) atoms. The average molecular weight is 284 g/mol. The van der Waals surface area contributed by atoms with Gasteiger partial charge in [0, 0.05) is 12.8 Å². The molecule has 6 heteroatoms. The molecule has 3 rings (SSSR count). The van der Waals surface area contributed by atoms with Crippen molar-refractivity contribution in [1.82, 2.24) is 0 Å². The van der Waals surface area contributed by atoms with Crippen molar-refractivity contribution in [3.05, 3.63) is 17.7 Å². The van der Waals surface area contributed by atoms with E-state index in [2.05, 4.69) is 5.16 Å². The fraction of sp³-hybridized carbons (Fsp3) is 0.462. The lowest BCUT2D eigenvalue weighted by molar-refractivity contribution is 0.0858. The van der Waals surface area contributed by atoms with Gasteiger partial charge in [-0.2, -0.15) is 0 Å². The van der Waals surface area contributed by atoms with Gasteiger partial charge in [0.05, 0.1) is 18.7 Å². The molecule has 0 bridgehead atoms. The van der Waals surface area contributed by atoms with Gasteiger partial charge in [-0.1, -0.05) is 5.16 Å². The van der Waals surface area contributed by atoms with Crippen molar-refractivity contribution in [3.8, 4) is 17.2 Å². The van der Waals surface area contributed by atoms with Crippen LogP contribution in [0.4, 0.5) is 0 Å². The van der Waals surface area contributed by atoms with E-state index in [1.165, 1.54) is 0 Å². The van der Waals surface area contributed by atoms with E-state index in [0.29, 0.717) is 23.1 Å². The van der Waals surface area contributed by atoms with Gasteiger partial charge in [-0.15, -0.1) is 11.6 Å². The molecule has 0 aliphatic carbocycles. The van der Waals surface area contributed by atoms with Crippen LogP contribution in [0.1, 0.15) is 12.0 Å². The summed E-state index contributed by atoms with van der Waals surface area (Å²) in [6, 6.07) is 3.89. The molecule has 1 aromatic carbocycles. The van der Waals surface area contributed by atoms with Crippen molar-refractivity contribution in [1.29, 1.82) is 0 Å². The molecule has 0 amide bonds. The second kappa shape index (κ2) is 5.17. The van der Waals surface area contributed by atoms with Gasteiger partial charge in [0.1, 0.15) is 6.10 Å². The topological polar surface area (TPSA) is 49.3 Å². The molecule has 0 fully saturated rings. The second-order valence-corrected chi connectivity index (χ2v) is 4.73. The molecule has 0 unspecified atom stereocenters. The third-order valence-corrected chi connectivity index (χ3v) is 3.44. The Labute approximate surface area is 116 Å². The van der Waals surface area contributed by atoms with Crippen molar-refractivity contribution >= 4 is 17.3 Å². The summed E-state index contributed by atoms with van der Waals surface area (Å²) in [5.74, 6) is 2.48. The third kappa shape index (κ3) is 2.42. The molecule has 0 radical (unpaired) electrons. The number of ether oxygens (including phenoxy) is 3. The summed E-state index contributed by atoms with van der Waals surface area (Å²) in [6.07, 6.45) is 1.52. The molecule has 1 atom stereocenters. The van der Waals surface area contributed by atoms with Crippen LogP contribution in [0.2, 0.25) is 0 Å². The summed E-state index contributed by atoms with van der Waals surface area (Å²) >= 11 is 5.73. The monoisotopic (exact) mass is 283 g/mol. The SMILES string of the molecule is COc1cc(C[C@@H]2CC(CCl)=NO2)cc2c1OCO2. The number of methoxy groups -OCH3 is 1. The molecule has 0 saturated heterocycles. The van der Waals surface area contributed by atoms with E-state index in [4.69, 9.17) is 30.6 Å². The van der Waals surface area contributed by atoms with Crippen molar-refractivity contribution < 1.29 is 19.0 Å². The van der Waals surface area contributed by atoms with Gasteiger partial charge in [0.2, 0.25) is 12.5 Å². The van der Waals surface area contributed by atoms with Gasteiger partial charge in [0.15, 0.2) is 11.5 Å². The van der Waals surface area contributed by atoms with Crippen LogP contribution in [-0.4, -0.2) is 31.6 Å². The molecule has 0 aromatic heterocycles. The normalized spacial score (nSPS) is 20.1. The summed E-state index contributed by atoms with van der Waals surface area (Å²) in [7, 11) is 1.61. The smallest absolute Gasteiger partial charge is 0.231 e. The van der Waals surface area contributed by atoms with Gasteiger partial charge in [-0.3, -0.25) is 0 Å². The molecule has 0 spiro atoms. The van der Waals surface area contributed by atoms with Crippen molar-refractivity contribution in [2.45, 2.75) is 18.9 Å². The number of halogens is 1. The fourth-order valence-corrected chi connectivity index (χ4v) is 2.40. The van der Waals surface area contributed by atoms with E-state index in [0.717, 1.165) is 24.1 Å². The predicted octanol–water partition coefficient (Wildman–Crippen LogP) is 2.35. The molecule has 102 valence electrons. The van der Waals surface area contributed by atoms with Gasteiger partial charge < -0.3 is 19.0 Å². The van der Waals surface area contributed by atoms with E-state index in [9.17, 15) is 0 Å². The molecule has 1 aromatic rings. The van der Waals surface area contributed by atoms with Crippen LogP contribution < -0.4 is 14.2 Å². The van der Waals surface area contributed by atoms with Gasteiger partial charge in [0.25, 0.3) is 0 Å². The molecule has 2 heterocycles. The maximum absolute atomic E-state index is 5.73. The minimum atomic E-state index is 0.0267. The van der Waals surface area contributed by atoms with Crippen LogP contribution in [-0.2, 0) is 11.3 Å². The highest BCUT2D eigenvalue weighted by atomic mass is 35.5. The van der Waals surface area contributed by atoms with Crippen LogP contribution in [0.3, 0.4) is 0 Å². The number of alkyl halides is 1. The van der Waals surface area contributed by atoms with Crippen LogP contribution in [0, 0.1) is 0 Å². The molecular weight excluding hydrogens is 270 g/mol. The minimum Gasteiger partial charge on any atom is -0.493 e. The van der Waals surface area contributed by atoms with Crippen molar-refractivity contribution in [2.24, 2.45) is 5.16 Å². The lowest BCUT2D eigenvalue weighted by Crippen LogP contribution is -2.12. The van der Waals surface area contributed by atoms with E-state index in [1.54, 1.807) is 7.11 Å². The van der Waals surface area contributed by atoms with Crippen molar-refractivity contribution in [3.63, 3.8) is 0 Å². The molecule has 2 aliphatic rings. The van der Waals surface area contributed by atoms with Crippen LogP contribution in [0.15, 0.2) is 17.3 Å². The maximum Gasteiger partial charge on any atom is 0.231 e. The molecule has 2 aliphatic heterocycles. The second-order valence-electron chi connectivity index (χ2n) is 4.46. The Bertz CT molecular complexity index is 518. The van der Waals surface area contributed by atoms with Crippen LogP contribution in [0.5, 0.6) is 17.2 Å². The van der Waals surface area contributed by atoms with E-state index >= 15 is 0 Å². The zero-order valence-electron chi connectivity index (χ0n) is 10.5. The van der Waals surface area contributed by atoms with E-state index in [-0.39, 0.29) is 12.9 Å². The van der Waals surface area contributed by atoms with Crippen molar-refractivity contribution in [2.75, 3.05) is 19.8 Å². The standard InChI is InChI=1S/C13H14ClNO4/c1-16-11-3-8(4-12-13(11)18-7-17-12)2-10-5-9(6-14)15-19-10/h3-4,10H,2,5-7H2,1H3/t10-/m1/s1. The summed E-state index contributed by atoms with van der Waals surface area (Å²) in [4.78, 5) is 5.34. The number of hydrogen-bond donors (Lipinski definition) is 0. The molecule has 0 N–H and O–H groups in total. The molecular formula is C13H14ClNO4. The number of nitrogens with zero attached hydrogens (tertiary/aromatic N) is 1. The lowest BCUT2D eigenvalue weighted by atomic mass is 10.0. The Morgan fingerprint density at radius 3 is 3.05 bits per heavy atom. The number of benzene rings is 1. The Balaban J connectivity index is 1.75. The van der Waals surface area contributed by atoms with Gasteiger partial charge >= 0.3 is 0 Å².